The summed E-state index contributed by atoms with van der Waals surface area (Å²) in [6.45, 7) is 0. The highest BCUT2D eigenvalue weighted by atomic mass is 19.1. The molecule has 0 heterocycles. The first kappa shape index (κ1) is 11.3. The number of benzene rings is 2. The highest BCUT2D eigenvalue weighted by molar-refractivity contribution is 5.59. The summed E-state index contributed by atoms with van der Waals surface area (Å²) < 4.78 is 13.5. The van der Waals surface area contributed by atoms with Crippen molar-refractivity contribution in [2.24, 2.45) is 0 Å². The van der Waals surface area contributed by atoms with E-state index in [9.17, 15) is 4.39 Å². The molecule has 0 amide bonds. The van der Waals surface area contributed by atoms with E-state index in [4.69, 9.17) is 0 Å². The molecule has 84 valence electrons. The summed E-state index contributed by atoms with van der Waals surface area (Å²) in [5.41, 5.74) is 1.85. The molecule has 2 rings (SSSR count). The first-order valence-electron chi connectivity index (χ1n) is 5.50. The molecule has 0 bridgehead atoms. The molecule has 1 heteroatoms. The maximum Gasteiger partial charge on any atom is 0.123 e. The second-order valence-electron chi connectivity index (χ2n) is 3.68. The molecule has 0 aliphatic carbocycles. The fraction of sp³-hybridized carbons (Fsp3) is 0. The Kier molecular flexibility index (Phi) is 3.87. The Bertz CT molecular complexity index is 510. The lowest BCUT2D eigenvalue weighted by Gasteiger charge is -1.93. The summed E-state index contributed by atoms with van der Waals surface area (Å²) in [6, 6.07) is 19.1. The van der Waals surface area contributed by atoms with Crippen LogP contribution in [0, 0.1) is 0 Å². The van der Waals surface area contributed by atoms with Gasteiger partial charge in [0.1, 0.15) is 5.83 Å². The van der Waals surface area contributed by atoms with Gasteiger partial charge in [-0.05, 0) is 23.3 Å². The average Bonchev–Trinajstić information content (AvgIpc) is 2.39. The lowest BCUT2D eigenvalue weighted by atomic mass is 10.2. The highest BCUT2D eigenvalue weighted by Crippen LogP contribution is 2.11. The summed E-state index contributed by atoms with van der Waals surface area (Å²) >= 11 is 0. The Morgan fingerprint density at radius 2 is 1.29 bits per heavy atom. The van der Waals surface area contributed by atoms with Gasteiger partial charge in [-0.2, -0.15) is 0 Å². The summed E-state index contributed by atoms with van der Waals surface area (Å²) in [5.74, 6) is -0.250. The van der Waals surface area contributed by atoms with Crippen LogP contribution in [0.1, 0.15) is 11.1 Å². The second-order valence-corrected chi connectivity index (χ2v) is 3.68. The Balaban J connectivity index is 2.09. The normalized spacial score (nSPS) is 11.9. The molecule has 0 aliphatic rings. The van der Waals surface area contributed by atoms with Gasteiger partial charge in [-0.15, -0.1) is 0 Å². The maximum absolute atomic E-state index is 13.5. The van der Waals surface area contributed by atoms with E-state index in [1.165, 1.54) is 12.2 Å². The largest absolute Gasteiger partial charge is 0.207 e. The predicted molar refractivity (Wildman–Crippen MR) is 71.0 cm³/mol. The number of hydrogen-bond donors (Lipinski definition) is 0. The summed E-state index contributed by atoms with van der Waals surface area (Å²) in [6.07, 6.45) is 4.75. The molecule has 0 radical (unpaired) electrons. The van der Waals surface area contributed by atoms with Crippen molar-refractivity contribution in [3.8, 4) is 0 Å². The quantitative estimate of drug-likeness (QED) is 0.662. The number of allylic oxidation sites excluding steroid dienone is 2. The third-order valence-electron chi connectivity index (χ3n) is 2.34. The number of rotatable bonds is 3. The molecule has 0 N–H and O–H groups in total. The molecule has 17 heavy (non-hydrogen) atoms. The third kappa shape index (κ3) is 3.72. The van der Waals surface area contributed by atoms with Crippen molar-refractivity contribution in [1.29, 1.82) is 0 Å². The molecular formula is C16H13F. The van der Waals surface area contributed by atoms with Gasteiger partial charge in [-0.3, -0.25) is 0 Å². The minimum atomic E-state index is -0.250. The molecule has 2 aromatic rings. The molecule has 0 atom stereocenters. The maximum atomic E-state index is 13.5. The van der Waals surface area contributed by atoms with Crippen molar-refractivity contribution in [2.75, 3.05) is 0 Å². The van der Waals surface area contributed by atoms with Crippen LogP contribution >= 0.6 is 0 Å². The van der Waals surface area contributed by atoms with Crippen molar-refractivity contribution >= 4 is 12.2 Å². The first-order valence-corrected chi connectivity index (χ1v) is 5.50. The Hall–Kier alpha value is -2.15. The fourth-order valence-electron chi connectivity index (χ4n) is 1.50. The summed E-state index contributed by atoms with van der Waals surface area (Å²) in [4.78, 5) is 0. The van der Waals surface area contributed by atoms with Crippen molar-refractivity contribution in [3.05, 3.63) is 83.7 Å². The van der Waals surface area contributed by atoms with Gasteiger partial charge in [-0.25, -0.2) is 4.39 Å². The fourth-order valence-corrected chi connectivity index (χ4v) is 1.50. The van der Waals surface area contributed by atoms with Crippen LogP contribution in [-0.2, 0) is 0 Å². The van der Waals surface area contributed by atoms with E-state index in [1.807, 2.05) is 60.7 Å². The zero-order chi connectivity index (χ0) is 11.9. The molecule has 0 aliphatic heterocycles. The number of hydrogen-bond acceptors (Lipinski definition) is 0. The molecule has 0 fully saturated rings. The van der Waals surface area contributed by atoms with Gasteiger partial charge in [0.15, 0.2) is 0 Å². The summed E-state index contributed by atoms with van der Waals surface area (Å²) in [7, 11) is 0. The van der Waals surface area contributed by atoms with Gasteiger partial charge in [0.25, 0.3) is 0 Å². The molecular weight excluding hydrogens is 211 g/mol. The minimum absolute atomic E-state index is 0.250. The van der Waals surface area contributed by atoms with Crippen molar-refractivity contribution in [2.45, 2.75) is 0 Å². The zero-order valence-electron chi connectivity index (χ0n) is 9.38. The van der Waals surface area contributed by atoms with E-state index in [0.29, 0.717) is 0 Å². The van der Waals surface area contributed by atoms with Gasteiger partial charge in [0.2, 0.25) is 0 Å². The SMILES string of the molecule is FC(=C\c1ccccc1)/C=C/c1ccccc1. The van der Waals surface area contributed by atoms with Crippen LogP contribution in [0.15, 0.2) is 72.6 Å². The smallest absolute Gasteiger partial charge is 0.123 e. The first-order chi connectivity index (χ1) is 8.34. The van der Waals surface area contributed by atoms with Gasteiger partial charge >= 0.3 is 0 Å². The molecule has 2 aromatic carbocycles. The van der Waals surface area contributed by atoms with Crippen LogP contribution in [0.4, 0.5) is 4.39 Å². The van der Waals surface area contributed by atoms with E-state index >= 15 is 0 Å². The predicted octanol–water partition coefficient (Wildman–Crippen LogP) is 4.71. The average molecular weight is 224 g/mol. The highest BCUT2D eigenvalue weighted by Gasteiger charge is 1.90. The minimum Gasteiger partial charge on any atom is -0.207 e. The van der Waals surface area contributed by atoms with Crippen molar-refractivity contribution in [3.63, 3.8) is 0 Å². The molecule has 0 saturated carbocycles. The number of halogens is 1. The van der Waals surface area contributed by atoms with E-state index < -0.39 is 0 Å². The van der Waals surface area contributed by atoms with Crippen LogP contribution in [0.2, 0.25) is 0 Å². The Labute approximate surface area is 101 Å². The monoisotopic (exact) mass is 224 g/mol. The van der Waals surface area contributed by atoms with E-state index in [0.717, 1.165) is 11.1 Å². The van der Waals surface area contributed by atoms with Crippen LogP contribution < -0.4 is 0 Å². The summed E-state index contributed by atoms with van der Waals surface area (Å²) in [5, 5.41) is 0. The van der Waals surface area contributed by atoms with Gasteiger partial charge in [0.05, 0.1) is 0 Å². The molecule has 0 saturated heterocycles. The van der Waals surface area contributed by atoms with E-state index in [1.54, 1.807) is 6.08 Å². The lowest BCUT2D eigenvalue weighted by molar-refractivity contribution is 0.675. The van der Waals surface area contributed by atoms with Crippen LogP contribution in [0.25, 0.3) is 12.2 Å². The molecule has 0 unspecified atom stereocenters. The Morgan fingerprint density at radius 3 is 1.88 bits per heavy atom. The zero-order valence-corrected chi connectivity index (χ0v) is 9.38. The van der Waals surface area contributed by atoms with Crippen molar-refractivity contribution < 1.29 is 4.39 Å². The molecule has 0 aromatic heterocycles. The van der Waals surface area contributed by atoms with Gasteiger partial charge in [-0.1, -0.05) is 66.7 Å². The third-order valence-corrected chi connectivity index (χ3v) is 2.34. The lowest BCUT2D eigenvalue weighted by Crippen LogP contribution is -1.72. The van der Waals surface area contributed by atoms with E-state index in [-0.39, 0.29) is 5.83 Å². The molecule has 0 spiro atoms. The van der Waals surface area contributed by atoms with Crippen LogP contribution in [0.3, 0.4) is 0 Å². The van der Waals surface area contributed by atoms with Crippen LogP contribution in [0.5, 0.6) is 0 Å². The van der Waals surface area contributed by atoms with Crippen LogP contribution in [-0.4, -0.2) is 0 Å². The Morgan fingerprint density at radius 1 is 0.765 bits per heavy atom. The second kappa shape index (κ2) is 5.80. The van der Waals surface area contributed by atoms with Crippen molar-refractivity contribution in [1.82, 2.24) is 0 Å². The van der Waals surface area contributed by atoms with Gasteiger partial charge < -0.3 is 0 Å². The standard InChI is InChI=1S/C16H13F/c17-16(13-15-9-5-2-6-10-15)12-11-14-7-3-1-4-8-14/h1-13H/b12-11+,16-13-. The molecule has 0 nitrogen and oxygen atoms in total. The van der Waals surface area contributed by atoms with Gasteiger partial charge in [0, 0.05) is 0 Å². The topological polar surface area (TPSA) is 0 Å². The van der Waals surface area contributed by atoms with E-state index in [2.05, 4.69) is 0 Å².